The Morgan fingerprint density at radius 1 is 1.24 bits per heavy atom. The molecule has 0 atom stereocenters. The van der Waals surface area contributed by atoms with E-state index in [0.717, 1.165) is 12.1 Å². The highest BCUT2D eigenvalue weighted by Gasteiger charge is 2.22. The second kappa shape index (κ2) is 5.67. The predicted molar refractivity (Wildman–Crippen MR) is 70.0 cm³/mol. The van der Waals surface area contributed by atoms with Crippen LogP contribution in [0.15, 0.2) is 24.3 Å². The van der Waals surface area contributed by atoms with E-state index in [1.165, 1.54) is 25.7 Å². The van der Waals surface area contributed by atoms with E-state index in [1.807, 2.05) is 18.2 Å². The van der Waals surface area contributed by atoms with E-state index in [-0.39, 0.29) is 0 Å². The summed E-state index contributed by atoms with van der Waals surface area (Å²) in [4.78, 5) is 2.33. The highest BCUT2D eigenvalue weighted by molar-refractivity contribution is 6.59. The Hall–Kier alpha value is -0.835. The van der Waals surface area contributed by atoms with Gasteiger partial charge in [-0.05, 0) is 30.9 Å². The molecule has 0 unspecified atom stereocenters. The molecule has 17 heavy (non-hydrogen) atoms. The molecule has 2 rings (SSSR count). The number of nitrogens with zero attached hydrogens (tertiary/aromatic N) is 1. The first-order valence-electron chi connectivity index (χ1n) is 6.32. The van der Waals surface area contributed by atoms with E-state index in [2.05, 4.69) is 11.9 Å². The molecule has 4 heteroatoms. The van der Waals surface area contributed by atoms with Crippen LogP contribution in [0.1, 0.15) is 31.2 Å². The van der Waals surface area contributed by atoms with Crippen LogP contribution in [0.2, 0.25) is 0 Å². The first-order valence-corrected chi connectivity index (χ1v) is 6.32. The Kier molecular flexibility index (Phi) is 4.21. The Balaban J connectivity index is 2.06. The van der Waals surface area contributed by atoms with Crippen molar-refractivity contribution >= 4 is 12.6 Å². The van der Waals surface area contributed by atoms with Gasteiger partial charge in [-0.1, -0.05) is 37.1 Å². The lowest BCUT2D eigenvalue weighted by Crippen LogP contribution is -2.37. The Labute approximate surface area is 103 Å². The molecule has 1 aliphatic rings. The fourth-order valence-electron chi connectivity index (χ4n) is 2.67. The SMILES string of the molecule is CN(Cc1ccccc1B(O)O)C1CCCC1. The lowest BCUT2D eigenvalue weighted by molar-refractivity contribution is 0.237. The second-order valence-corrected chi connectivity index (χ2v) is 4.93. The fourth-order valence-corrected chi connectivity index (χ4v) is 2.67. The summed E-state index contributed by atoms with van der Waals surface area (Å²) >= 11 is 0. The average Bonchev–Trinajstić information content (AvgIpc) is 2.83. The molecule has 3 nitrogen and oxygen atoms in total. The third-order valence-electron chi connectivity index (χ3n) is 3.70. The zero-order valence-electron chi connectivity index (χ0n) is 10.3. The highest BCUT2D eigenvalue weighted by Crippen LogP contribution is 2.23. The Morgan fingerprint density at radius 2 is 1.88 bits per heavy atom. The molecule has 0 saturated heterocycles. The molecule has 0 radical (unpaired) electrons. The smallest absolute Gasteiger partial charge is 0.423 e. The van der Waals surface area contributed by atoms with Gasteiger partial charge in [-0.3, -0.25) is 4.90 Å². The van der Waals surface area contributed by atoms with Crippen LogP contribution in [0.4, 0.5) is 0 Å². The minimum atomic E-state index is -1.37. The van der Waals surface area contributed by atoms with Gasteiger partial charge < -0.3 is 10.0 Å². The molecule has 2 N–H and O–H groups in total. The summed E-state index contributed by atoms with van der Waals surface area (Å²) in [6, 6.07) is 8.19. The molecule has 1 aromatic rings. The van der Waals surface area contributed by atoms with Crippen LogP contribution in [0.5, 0.6) is 0 Å². The summed E-state index contributed by atoms with van der Waals surface area (Å²) in [5.74, 6) is 0. The van der Waals surface area contributed by atoms with Gasteiger partial charge in [-0.15, -0.1) is 0 Å². The molecule has 0 spiro atoms. The van der Waals surface area contributed by atoms with Crippen LogP contribution in [0, 0.1) is 0 Å². The minimum absolute atomic E-state index is 0.623. The zero-order chi connectivity index (χ0) is 12.3. The predicted octanol–water partition coefficient (Wildman–Crippen LogP) is 0.741. The van der Waals surface area contributed by atoms with Crippen LogP contribution in [-0.4, -0.2) is 35.2 Å². The van der Waals surface area contributed by atoms with Crippen molar-refractivity contribution in [1.82, 2.24) is 4.90 Å². The maximum absolute atomic E-state index is 9.32. The monoisotopic (exact) mass is 233 g/mol. The van der Waals surface area contributed by atoms with Gasteiger partial charge in [0.1, 0.15) is 0 Å². The number of rotatable bonds is 4. The van der Waals surface area contributed by atoms with Crippen molar-refractivity contribution in [3.8, 4) is 0 Å². The van der Waals surface area contributed by atoms with E-state index in [1.54, 1.807) is 6.07 Å². The van der Waals surface area contributed by atoms with E-state index in [9.17, 15) is 10.0 Å². The molecule has 0 heterocycles. The van der Waals surface area contributed by atoms with Crippen molar-refractivity contribution in [3.63, 3.8) is 0 Å². The Morgan fingerprint density at radius 3 is 2.53 bits per heavy atom. The van der Waals surface area contributed by atoms with Crippen molar-refractivity contribution in [2.45, 2.75) is 38.3 Å². The lowest BCUT2D eigenvalue weighted by Gasteiger charge is -2.25. The number of benzene rings is 1. The summed E-state index contributed by atoms with van der Waals surface area (Å²) in [5.41, 5.74) is 1.63. The van der Waals surface area contributed by atoms with E-state index in [0.29, 0.717) is 11.5 Å². The fraction of sp³-hybridized carbons (Fsp3) is 0.538. The standard InChI is InChI=1S/C13H20BNO2/c1-15(12-7-3-4-8-12)10-11-6-2-5-9-13(11)14(16)17/h2,5-6,9,12,16-17H,3-4,7-8,10H2,1H3. The molecule has 1 fully saturated rings. The number of hydrogen-bond acceptors (Lipinski definition) is 3. The third kappa shape index (κ3) is 3.09. The van der Waals surface area contributed by atoms with Gasteiger partial charge in [0.15, 0.2) is 0 Å². The molecule has 1 aliphatic carbocycles. The molecule has 92 valence electrons. The van der Waals surface area contributed by atoms with Gasteiger partial charge in [-0.2, -0.15) is 0 Å². The van der Waals surface area contributed by atoms with Crippen molar-refractivity contribution in [2.75, 3.05) is 7.05 Å². The van der Waals surface area contributed by atoms with E-state index in [4.69, 9.17) is 0 Å². The quantitative estimate of drug-likeness (QED) is 0.754. The second-order valence-electron chi connectivity index (χ2n) is 4.93. The zero-order valence-corrected chi connectivity index (χ0v) is 10.3. The maximum atomic E-state index is 9.32. The van der Waals surface area contributed by atoms with Gasteiger partial charge in [0.05, 0.1) is 0 Å². The van der Waals surface area contributed by atoms with Crippen molar-refractivity contribution < 1.29 is 10.0 Å². The van der Waals surface area contributed by atoms with Gasteiger partial charge >= 0.3 is 7.12 Å². The van der Waals surface area contributed by atoms with E-state index < -0.39 is 7.12 Å². The number of hydrogen-bond donors (Lipinski definition) is 2. The molecular formula is C13H20BNO2. The van der Waals surface area contributed by atoms with Crippen molar-refractivity contribution in [2.24, 2.45) is 0 Å². The topological polar surface area (TPSA) is 43.7 Å². The molecular weight excluding hydrogens is 213 g/mol. The van der Waals surface area contributed by atoms with Crippen LogP contribution < -0.4 is 5.46 Å². The molecule has 1 aromatic carbocycles. The molecule has 0 amide bonds. The van der Waals surface area contributed by atoms with Gasteiger partial charge in [0.2, 0.25) is 0 Å². The molecule has 0 aliphatic heterocycles. The average molecular weight is 233 g/mol. The largest absolute Gasteiger partial charge is 0.488 e. The first-order chi connectivity index (χ1) is 8.18. The van der Waals surface area contributed by atoms with E-state index >= 15 is 0 Å². The summed E-state index contributed by atoms with van der Waals surface area (Å²) in [5, 5.41) is 18.6. The van der Waals surface area contributed by atoms with Crippen molar-refractivity contribution in [3.05, 3.63) is 29.8 Å². The minimum Gasteiger partial charge on any atom is -0.423 e. The normalized spacial score (nSPS) is 16.7. The summed E-state index contributed by atoms with van der Waals surface area (Å²) in [7, 11) is 0.749. The third-order valence-corrected chi connectivity index (χ3v) is 3.70. The molecule has 0 aromatic heterocycles. The maximum Gasteiger partial charge on any atom is 0.488 e. The van der Waals surface area contributed by atoms with Gasteiger partial charge in [-0.25, -0.2) is 0 Å². The van der Waals surface area contributed by atoms with Crippen LogP contribution >= 0.6 is 0 Å². The summed E-state index contributed by atoms with van der Waals surface area (Å²) < 4.78 is 0. The highest BCUT2D eigenvalue weighted by atomic mass is 16.4. The molecule has 1 saturated carbocycles. The lowest BCUT2D eigenvalue weighted by atomic mass is 9.77. The van der Waals surface area contributed by atoms with Gasteiger partial charge in [0, 0.05) is 12.6 Å². The first kappa shape index (κ1) is 12.6. The van der Waals surface area contributed by atoms with Crippen molar-refractivity contribution in [1.29, 1.82) is 0 Å². The van der Waals surface area contributed by atoms with Gasteiger partial charge in [0.25, 0.3) is 0 Å². The Bertz CT molecular complexity index is 364. The summed E-state index contributed by atoms with van der Waals surface area (Å²) in [6.45, 7) is 0.790. The van der Waals surface area contributed by atoms with Crippen LogP contribution in [0.3, 0.4) is 0 Å². The molecule has 0 bridgehead atoms. The summed E-state index contributed by atoms with van der Waals surface area (Å²) in [6.07, 6.45) is 5.17. The van der Waals surface area contributed by atoms with Crippen LogP contribution in [-0.2, 0) is 6.54 Å². The van der Waals surface area contributed by atoms with Crippen LogP contribution in [0.25, 0.3) is 0 Å².